The van der Waals surface area contributed by atoms with Gasteiger partial charge < -0.3 is 18.9 Å². The number of aromatic nitrogens is 10. The summed E-state index contributed by atoms with van der Waals surface area (Å²) in [5.74, 6) is 9.28. The topological polar surface area (TPSA) is 221 Å². The predicted octanol–water partition coefficient (Wildman–Crippen LogP) is 6.14. The number of pyridine rings is 2. The summed E-state index contributed by atoms with van der Waals surface area (Å²) in [6.45, 7) is 10.2. The summed E-state index contributed by atoms with van der Waals surface area (Å²) in [5, 5.41) is 11.2. The molecule has 64 heavy (non-hydrogen) atoms. The first-order valence-electron chi connectivity index (χ1n) is 20.1. The zero-order chi connectivity index (χ0) is 44.5. The Kier molecular flexibility index (Phi) is 11.3. The fourth-order valence-electron chi connectivity index (χ4n) is 6.93. The van der Waals surface area contributed by atoms with Gasteiger partial charge in [-0.15, -0.1) is 5.10 Å². The molecule has 0 saturated heterocycles. The summed E-state index contributed by atoms with van der Waals surface area (Å²) >= 11 is 0. The standard InChI is InChI=1S/C19H17N5O2.C19H15N5O2.C7H10N2O2S/c2*1-11-9-20-12(2)19-22-18(23-24(11)19)6-5-14-4-3-13-7-16-17(26-10-25-16)8-15(13)21-14;1-6-2-4-7(5-3-6)12(10,11)9-8/h3-4,7-9H,5-6,10H2,1-2H3;3-9H,10H2,1-2H3;2-5,9H,8H2,1H3/b;6-5+;. The number of nitrogens with zero attached hydrogens (tertiary/aromatic N) is 10. The minimum absolute atomic E-state index is 0.176. The van der Waals surface area contributed by atoms with E-state index in [0.29, 0.717) is 5.82 Å². The van der Waals surface area contributed by atoms with Gasteiger partial charge in [0.2, 0.25) is 13.6 Å². The van der Waals surface area contributed by atoms with Crippen LogP contribution in [0.15, 0.2) is 90.1 Å². The predicted molar refractivity (Wildman–Crippen MR) is 238 cm³/mol. The number of nitrogens with two attached hydrogens (primary N) is 1. The van der Waals surface area contributed by atoms with E-state index in [0.717, 1.165) is 114 Å². The highest BCUT2D eigenvalue weighted by Gasteiger charge is 2.17. The lowest BCUT2D eigenvalue weighted by molar-refractivity contribution is 0.173. The molecular weight excluding hydrogens is 837 g/mol. The third-order valence-corrected chi connectivity index (χ3v) is 11.6. The molecule has 324 valence electrons. The van der Waals surface area contributed by atoms with E-state index in [2.05, 4.69) is 41.2 Å². The molecule has 0 saturated carbocycles. The maximum absolute atomic E-state index is 11.1. The van der Waals surface area contributed by atoms with E-state index in [9.17, 15) is 8.42 Å². The molecule has 3 aromatic carbocycles. The SMILES string of the molecule is Cc1ccc(S(=O)(=O)NN)cc1.Cc1ncc(C)n2nc(/C=C/c3ccc4cc5c(cc4n3)OCO5)nc12.Cc1ncc(C)n2nc(CCc3ccc4cc5c(cc4n3)OCO5)nc12. The van der Waals surface area contributed by atoms with Crippen molar-refractivity contribution in [3.63, 3.8) is 0 Å². The molecule has 0 spiro atoms. The van der Waals surface area contributed by atoms with Gasteiger partial charge in [-0.3, -0.25) is 20.8 Å². The summed E-state index contributed by atoms with van der Waals surface area (Å²) in [5.41, 5.74) is 9.83. The van der Waals surface area contributed by atoms with Crippen LogP contribution in [-0.2, 0) is 22.9 Å². The lowest BCUT2D eigenvalue weighted by Crippen LogP contribution is -2.30. The number of hydrogen-bond donors (Lipinski definition) is 2. The molecule has 9 aromatic rings. The molecule has 8 heterocycles. The van der Waals surface area contributed by atoms with Gasteiger partial charge in [0, 0.05) is 47.4 Å². The molecule has 0 fully saturated rings. The molecule has 0 unspecified atom stereocenters. The van der Waals surface area contributed by atoms with Crippen molar-refractivity contribution >= 4 is 55.3 Å². The quantitative estimate of drug-likeness (QED) is 0.136. The maximum atomic E-state index is 11.1. The molecule has 19 heteroatoms. The van der Waals surface area contributed by atoms with Crippen LogP contribution in [-0.4, -0.2) is 71.1 Å². The second-order valence-corrected chi connectivity index (χ2v) is 16.8. The average Bonchev–Trinajstić information content (AvgIpc) is 4.14. The van der Waals surface area contributed by atoms with E-state index < -0.39 is 10.0 Å². The highest BCUT2D eigenvalue weighted by molar-refractivity contribution is 7.89. The van der Waals surface area contributed by atoms with Crippen LogP contribution in [0.5, 0.6) is 23.0 Å². The second-order valence-electron chi connectivity index (χ2n) is 15.0. The second kappa shape index (κ2) is 17.3. The summed E-state index contributed by atoms with van der Waals surface area (Å²) in [6.07, 6.45) is 8.86. The van der Waals surface area contributed by atoms with Crippen LogP contribution in [0.25, 0.3) is 45.3 Å². The first-order chi connectivity index (χ1) is 30.9. The molecule has 0 amide bonds. The zero-order valence-corrected chi connectivity index (χ0v) is 36.3. The minimum Gasteiger partial charge on any atom is -0.454 e. The van der Waals surface area contributed by atoms with Crippen molar-refractivity contribution in [2.24, 2.45) is 5.84 Å². The van der Waals surface area contributed by atoms with E-state index in [4.69, 9.17) is 29.8 Å². The van der Waals surface area contributed by atoms with Gasteiger partial charge >= 0.3 is 0 Å². The molecule has 18 nitrogen and oxygen atoms in total. The van der Waals surface area contributed by atoms with Crippen molar-refractivity contribution in [2.45, 2.75) is 52.4 Å². The van der Waals surface area contributed by atoms with Gasteiger partial charge in [0.25, 0.3) is 10.0 Å². The maximum Gasteiger partial charge on any atom is 0.253 e. The Morgan fingerprint density at radius 3 is 1.80 bits per heavy atom. The van der Waals surface area contributed by atoms with Crippen LogP contribution in [0.1, 0.15) is 51.4 Å². The smallest absolute Gasteiger partial charge is 0.253 e. The Hall–Kier alpha value is -7.61. The molecule has 2 aliphatic rings. The molecule has 2 aliphatic heterocycles. The van der Waals surface area contributed by atoms with Crippen LogP contribution in [0, 0.1) is 34.6 Å². The van der Waals surface area contributed by atoms with Crippen LogP contribution in [0.2, 0.25) is 0 Å². The van der Waals surface area contributed by atoms with Gasteiger partial charge in [-0.2, -0.15) is 9.93 Å². The number of aryl methyl sites for hydroxylation is 7. The molecule has 0 aliphatic carbocycles. The minimum atomic E-state index is -3.49. The lowest BCUT2D eigenvalue weighted by atomic mass is 10.1. The molecular formula is C45H42N12O6S. The molecule has 3 N–H and O–H groups in total. The first kappa shape index (κ1) is 41.7. The molecule has 11 rings (SSSR count). The Balaban J connectivity index is 0.000000130. The van der Waals surface area contributed by atoms with Gasteiger partial charge in [-0.1, -0.05) is 29.8 Å². The number of benzene rings is 3. The van der Waals surface area contributed by atoms with Crippen molar-refractivity contribution < 1.29 is 27.4 Å². The summed E-state index contributed by atoms with van der Waals surface area (Å²) in [4.78, 5) is 29.2. The van der Waals surface area contributed by atoms with Gasteiger partial charge in [0.1, 0.15) is 0 Å². The van der Waals surface area contributed by atoms with Crippen molar-refractivity contribution in [3.8, 4) is 23.0 Å². The van der Waals surface area contributed by atoms with Gasteiger partial charge in [-0.25, -0.2) is 32.4 Å². The highest BCUT2D eigenvalue weighted by Crippen LogP contribution is 2.36. The monoisotopic (exact) mass is 878 g/mol. The first-order valence-corrected chi connectivity index (χ1v) is 21.6. The summed E-state index contributed by atoms with van der Waals surface area (Å²) < 4.78 is 47.5. The fraction of sp³-hybridized carbons (Fsp3) is 0.200. The van der Waals surface area contributed by atoms with Crippen LogP contribution in [0.3, 0.4) is 0 Å². The third-order valence-electron chi connectivity index (χ3n) is 10.4. The van der Waals surface area contributed by atoms with Crippen LogP contribution < -0.4 is 29.6 Å². The average molecular weight is 879 g/mol. The third kappa shape index (κ3) is 8.71. The van der Waals surface area contributed by atoms with E-state index in [1.165, 1.54) is 12.1 Å². The molecule has 0 radical (unpaired) electrons. The van der Waals surface area contributed by atoms with E-state index in [1.807, 2.05) is 99.9 Å². The lowest BCUT2D eigenvalue weighted by Gasteiger charge is -2.03. The van der Waals surface area contributed by atoms with Crippen molar-refractivity contribution in [2.75, 3.05) is 13.6 Å². The van der Waals surface area contributed by atoms with Crippen LogP contribution in [0.4, 0.5) is 0 Å². The van der Waals surface area contributed by atoms with Gasteiger partial charge in [0.15, 0.2) is 45.9 Å². The molecule has 0 bridgehead atoms. The van der Waals surface area contributed by atoms with Gasteiger partial charge in [-0.05, 0) is 89.6 Å². The Bertz CT molecular complexity index is 3290. The number of hydrogen-bond acceptors (Lipinski definition) is 15. The van der Waals surface area contributed by atoms with E-state index in [1.54, 1.807) is 27.7 Å². The Morgan fingerprint density at radius 1 is 0.641 bits per heavy atom. The fourth-order valence-corrected chi connectivity index (χ4v) is 7.56. The Labute approximate surface area is 366 Å². The number of sulfonamides is 1. The number of fused-ring (bicyclic) bond motifs is 6. The van der Waals surface area contributed by atoms with Crippen molar-refractivity contribution in [1.82, 2.24) is 54.0 Å². The number of nitrogens with one attached hydrogen (secondary N) is 1. The highest BCUT2D eigenvalue weighted by atomic mass is 32.2. The molecule has 6 aromatic heterocycles. The van der Waals surface area contributed by atoms with E-state index in [-0.39, 0.29) is 18.5 Å². The largest absolute Gasteiger partial charge is 0.454 e. The van der Waals surface area contributed by atoms with Crippen molar-refractivity contribution in [1.29, 1.82) is 0 Å². The summed E-state index contributed by atoms with van der Waals surface area (Å²) in [6, 6.07) is 22.3. The van der Waals surface area contributed by atoms with Crippen LogP contribution >= 0.6 is 0 Å². The Morgan fingerprint density at radius 2 is 1.20 bits per heavy atom. The number of rotatable bonds is 7. The molecule has 0 atom stereocenters. The summed E-state index contributed by atoms with van der Waals surface area (Å²) in [7, 11) is -3.49. The normalized spacial score (nSPS) is 12.8. The van der Waals surface area contributed by atoms with Gasteiger partial charge in [0.05, 0.1) is 44.4 Å². The zero-order valence-electron chi connectivity index (χ0n) is 35.5. The number of hydrazine groups is 1. The number of ether oxygens (including phenoxy) is 4. The van der Waals surface area contributed by atoms with E-state index >= 15 is 0 Å². The van der Waals surface area contributed by atoms with Crippen molar-refractivity contribution in [3.05, 3.63) is 137 Å².